The lowest BCUT2D eigenvalue weighted by Crippen LogP contribution is -2.03. The van der Waals surface area contributed by atoms with Crippen molar-refractivity contribution in [1.29, 1.82) is 0 Å². The smallest absolute Gasteiger partial charge is 0.308 e. The van der Waals surface area contributed by atoms with E-state index in [1.165, 1.54) is 6.92 Å². The molecule has 4 nitrogen and oxygen atoms in total. The van der Waals surface area contributed by atoms with Crippen LogP contribution in [0.15, 0.2) is 43.0 Å². The van der Waals surface area contributed by atoms with Crippen molar-refractivity contribution in [3.8, 4) is 17.2 Å². The second kappa shape index (κ2) is 6.10. The van der Waals surface area contributed by atoms with E-state index >= 15 is 0 Å². The largest absolute Gasteiger partial charge is 0.496 e. The molecule has 0 atom stereocenters. The van der Waals surface area contributed by atoms with Crippen LogP contribution in [0.25, 0.3) is 10.8 Å². The van der Waals surface area contributed by atoms with Crippen molar-refractivity contribution >= 4 is 16.7 Å². The Bertz CT molecular complexity index is 646. The zero-order valence-corrected chi connectivity index (χ0v) is 11.5. The topological polar surface area (TPSA) is 44.8 Å². The lowest BCUT2D eigenvalue weighted by molar-refractivity contribution is -0.131. The first-order chi connectivity index (χ1) is 9.67. The molecule has 2 aromatic rings. The molecule has 0 heterocycles. The molecule has 0 radical (unpaired) electrons. The Morgan fingerprint density at radius 2 is 1.95 bits per heavy atom. The van der Waals surface area contributed by atoms with Gasteiger partial charge in [0.25, 0.3) is 0 Å². The number of ether oxygens (including phenoxy) is 3. The van der Waals surface area contributed by atoms with Gasteiger partial charge < -0.3 is 14.2 Å². The molecule has 0 aromatic heterocycles. The zero-order valence-electron chi connectivity index (χ0n) is 11.5. The second-order valence-electron chi connectivity index (χ2n) is 4.14. The third kappa shape index (κ3) is 2.74. The Kier molecular flexibility index (Phi) is 4.25. The van der Waals surface area contributed by atoms with E-state index < -0.39 is 0 Å². The summed E-state index contributed by atoms with van der Waals surface area (Å²) in [5, 5.41) is 1.54. The number of methoxy groups -OCH3 is 1. The highest BCUT2D eigenvalue weighted by molar-refractivity contribution is 5.99. The summed E-state index contributed by atoms with van der Waals surface area (Å²) < 4.78 is 16.2. The van der Waals surface area contributed by atoms with Crippen LogP contribution in [0.5, 0.6) is 17.2 Å². The van der Waals surface area contributed by atoms with E-state index in [9.17, 15) is 4.79 Å². The first kappa shape index (κ1) is 13.9. The van der Waals surface area contributed by atoms with Crippen molar-refractivity contribution in [1.82, 2.24) is 0 Å². The van der Waals surface area contributed by atoms with Crippen LogP contribution in [0, 0.1) is 0 Å². The van der Waals surface area contributed by atoms with Crippen LogP contribution in [-0.2, 0) is 4.79 Å². The van der Waals surface area contributed by atoms with Gasteiger partial charge in [-0.3, -0.25) is 4.79 Å². The molecule has 0 aliphatic carbocycles. The van der Waals surface area contributed by atoms with Gasteiger partial charge in [-0.2, -0.15) is 0 Å². The van der Waals surface area contributed by atoms with Gasteiger partial charge in [-0.05, 0) is 18.2 Å². The number of hydrogen-bond acceptors (Lipinski definition) is 4. The fraction of sp³-hybridized carbons (Fsp3) is 0.188. The maximum absolute atomic E-state index is 11.2. The lowest BCUT2D eigenvalue weighted by Gasteiger charge is -2.13. The SMILES string of the molecule is C=CCOc1ccc(OC(C)=O)c2c(OC)cccc12. The van der Waals surface area contributed by atoms with E-state index in [1.807, 2.05) is 18.2 Å². The molecule has 0 fully saturated rings. The molecule has 0 amide bonds. The molecule has 0 saturated heterocycles. The van der Waals surface area contributed by atoms with Crippen LogP contribution in [-0.4, -0.2) is 19.7 Å². The van der Waals surface area contributed by atoms with E-state index in [0.717, 1.165) is 5.39 Å². The average molecular weight is 272 g/mol. The van der Waals surface area contributed by atoms with E-state index in [1.54, 1.807) is 25.3 Å². The van der Waals surface area contributed by atoms with Crippen LogP contribution in [0.3, 0.4) is 0 Å². The molecule has 0 aliphatic rings. The standard InChI is InChI=1S/C16H16O4/c1-4-10-19-13-8-9-15(20-11(2)17)16-12(13)6-5-7-14(16)18-3/h4-9H,1,10H2,2-3H3. The number of hydrogen-bond donors (Lipinski definition) is 0. The molecule has 0 saturated carbocycles. The predicted molar refractivity (Wildman–Crippen MR) is 77.5 cm³/mol. The van der Waals surface area contributed by atoms with Gasteiger partial charge in [-0.25, -0.2) is 0 Å². The van der Waals surface area contributed by atoms with Crippen LogP contribution in [0.4, 0.5) is 0 Å². The highest BCUT2D eigenvalue weighted by Crippen LogP contribution is 2.39. The molecule has 0 N–H and O–H groups in total. The summed E-state index contributed by atoms with van der Waals surface area (Å²) in [7, 11) is 1.57. The second-order valence-corrected chi connectivity index (χ2v) is 4.14. The van der Waals surface area contributed by atoms with Gasteiger partial charge in [-0.15, -0.1) is 0 Å². The Hall–Kier alpha value is -2.49. The fourth-order valence-corrected chi connectivity index (χ4v) is 2.00. The van der Waals surface area contributed by atoms with Crippen LogP contribution in [0.1, 0.15) is 6.92 Å². The normalized spacial score (nSPS) is 10.1. The number of carbonyl (C=O) groups is 1. The van der Waals surface area contributed by atoms with E-state index in [2.05, 4.69) is 6.58 Å². The molecular formula is C16H16O4. The fourth-order valence-electron chi connectivity index (χ4n) is 2.00. The summed E-state index contributed by atoms with van der Waals surface area (Å²) in [6, 6.07) is 9.03. The maximum atomic E-state index is 11.2. The molecule has 104 valence electrons. The Balaban J connectivity index is 2.64. The van der Waals surface area contributed by atoms with Crippen LogP contribution in [0.2, 0.25) is 0 Å². The minimum absolute atomic E-state index is 0.378. The van der Waals surface area contributed by atoms with Gasteiger partial charge in [0.05, 0.1) is 12.5 Å². The number of fused-ring (bicyclic) bond motifs is 1. The van der Waals surface area contributed by atoms with Gasteiger partial charge in [0.1, 0.15) is 23.9 Å². The summed E-state index contributed by atoms with van der Waals surface area (Å²) in [5.74, 6) is 1.39. The molecule has 4 heteroatoms. The van der Waals surface area contributed by atoms with Gasteiger partial charge in [0.15, 0.2) is 0 Å². The summed E-state index contributed by atoms with van der Waals surface area (Å²) in [4.78, 5) is 11.2. The molecule has 0 spiro atoms. The number of rotatable bonds is 5. The van der Waals surface area contributed by atoms with Crippen molar-refractivity contribution in [2.45, 2.75) is 6.92 Å². The van der Waals surface area contributed by atoms with Gasteiger partial charge in [0.2, 0.25) is 0 Å². The molecule has 2 aromatic carbocycles. The number of carbonyl (C=O) groups excluding carboxylic acids is 1. The summed E-state index contributed by atoms with van der Waals surface area (Å²) in [5.41, 5.74) is 0. The third-order valence-electron chi connectivity index (χ3n) is 2.75. The van der Waals surface area contributed by atoms with Crippen molar-refractivity contribution < 1.29 is 19.0 Å². The predicted octanol–water partition coefficient (Wildman–Crippen LogP) is 3.34. The van der Waals surface area contributed by atoms with Crippen molar-refractivity contribution in [3.63, 3.8) is 0 Å². The number of esters is 1. The highest BCUT2D eigenvalue weighted by atomic mass is 16.5. The van der Waals surface area contributed by atoms with E-state index in [4.69, 9.17) is 14.2 Å². The summed E-state index contributed by atoms with van der Waals surface area (Å²) >= 11 is 0. The number of benzene rings is 2. The van der Waals surface area contributed by atoms with Crippen LogP contribution >= 0.6 is 0 Å². The van der Waals surface area contributed by atoms with Gasteiger partial charge in [-0.1, -0.05) is 24.8 Å². The molecule has 0 unspecified atom stereocenters. The lowest BCUT2D eigenvalue weighted by atomic mass is 10.1. The van der Waals surface area contributed by atoms with Gasteiger partial charge >= 0.3 is 5.97 Å². The summed E-state index contributed by atoms with van der Waals surface area (Å²) in [6.07, 6.45) is 1.67. The Morgan fingerprint density at radius 3 is 2.60 bits per heavy atom. The average Bonchev–Trinajstić information content (AvgIpc) is 2.45. The Labute approximate surface area is 117 Å². The maximum Gasteiger partial charge on any atom is 0.308 e. The van der Waals surface area contributed by atoms with E-state index in [0.29, 0.717) is 29.2 Å². The van der Waals surface area contributed by atoms with Gasteiger partial charge in [0, 0.05) is 12.3 Å². The zero-order chi connectivity index (χ0) is 14.5. The minimum atomic E-state index is -0.378. The highest BCUT2D eigenvalue weighted by Gasteiger charge is 2.13. The summed E-state index contributed by atoms with van der Waals surface area (Å²) in [6.45, 7) is 5.39. The third-order valence-corrected chi connectivity index (χ3v) is 2.75. The first-order valence-electron chi connectivity index (χ1n) is 6.19. The minimum Gasteiger partial charge on any atom is -0.496 e. The van der Waals surface area contributed by atoms with Crippen molar-refractivity contribution in [2.75, 3.05) is 13.7 Å². The van der Waals surface area contributed by atoms with E-state index in [-0.39, 0.29) is 5.97 Å². The molecule has 0 aliphatic heterocycles. The molecule has 2 rings (SSSR count). The monoisotopic (exact) mass is 272 g/mol. The quantitative estimate of drug-likeness (QED) is 0.476. The van der Waals surface area contributed by atoms with Crippen LogP contribution < -0.4 is 14.2 Å². The Morgan fingerprint density at radius 1 is 1.20 bits per heavy atom. The molecular weight excluding hydrogens is 256 g/mol. The first-order valence-corrected chi connectivity index (χ1v) is 6.19. The van der Waals surface area contributed by atoms with Crippen molar-refractivity contribution in [2.24, 2.45) is 0 Å². The molecule has 0 bridgehead atoms. The molecule has 20 heavy (non-hydrogen) atoms. The van der Waals surface area contributed by atoms with Crippen molar-refractivity contribution in [3.05, 3.63) is 43.0 Å².